The van der Waals surface area contributed by atoms with Gasteiger partial charge in [0.25, 0.3) is 0 Å². The highest BCUT2D eigenvalue weighted by atomic mass is 19.1. The van der Waals surface area contributed by atoms with Crippen molar-refractivity contribution in [1.29, 1.82) is 0 Å². The van der Waals surface area contributed by atoms with Crippen molar-refractivity contribution in [2.45, 2.75) is 12.5 Å². The third kappa shape index (κ3) is 3.27. The van der Waals surface area contributed by atoms with Crippen LogP contribution in [0.2, 0.25) is 0 Å². The van der Waals surface area contributed by atoms with Gasteiger partial charge in [-0.2, -0.15) is 0 Å². The fourth-order valence-electron chi connectivity index (χ4n) is 2.05. The maximum absolute atomic E-state index is 13.7. The Morgan fingerprint density at radius 1 is 1.05 bits per heavy atom. The number of ether oxygens (including phenoxy) is 2. The Bertz CT molecular complexity index is 569. The van der Waals surface area contributed by atoms with E-state index in [0.29, 0.717) is 6.42 Å². The van der Waals surface area contributed by atoms with E-state index < -0.39 is 5.82 Å². The van der Waals surface area contributed by atoms with Gasteiger partial charge in [0.2, 0.25) is 0 Å². The minimum absolute atomic E-state index is 0.227. The Morgan fingerprint density at radius 3 is 2.30 bits per heavy atom. The number of methoxy groups -OCH3 is 2. The summed E-state index contributed by atoms with van der Waals surface area (Å²) in [5.74, 6) is 0.637. The molecule has 0 bridgehead atoms. The van der Waals surface area contributed by atoms with Gasteiger partial charge in [0, 0.05) is 6.04 Å². The van der Waals surface area contributed by atoms with Gasteiger partial charge in [-0.25, -0.2) is 4.39 Å². The molecule has 0 aliphatic carbocycles. The highest BCUT2D eigenvalue weighted by molar-refractivity contribution is 5.33. The molecular formula is C16H18FNO2. The minimum atomic E-state index is -0.393. The maximum Gasteiger partial charge on any atom is 0.165 e. The predicted octanol–water partition coefficient (Wildman–Crippen LogP) is 3.09. The van der Waals surface area contributed by atoms with Crippen LogP contribution in [0.5, 0.6) is 11.5 Å². The molecule has 106 valence electrons. The number of nitrogens with two attached hydrogens (primary N) is 1. The lowest BCUT2D eigenvalue weighted by Crippen LogP contribution is -2.13. The van der Waals surface area contributed by atoms with Crippen LogP contribution in [0.15, 0.2) is 42.5 Å². The molecule has 0 fully saturated rings. The molecule has 0 saturated heterocycles. The van der Waals surface area contributed by atoms with Crippen LogP contribution in [0.1, 0.15) is 17.2 Å². The number of rotatable bonds is 5. The number of halogens is 1. The Morgan fingerprint density at radius 2 is 1.75 bits per heavy atom. The molecule has 1 unspecified atom stereocenters. The summed E-state index contributed by atoms with van der Waals surface area (Å²) in [5, 5.41) is 0. The molecule has 2 aromatic carbocycles. The quantitative estimate of drug-likeness (QED) is 0.912. The zero-order valence-electron chi connectivity index (χ0n) is 11.6. The monoisotopic (exact) mass is 275 g/mol. The van der Waals surface area contributed by atoms with Crippen LogP contribution in [-0.2, 0) is 6.42 Å². The summed E-state index contributed by atoms with van der Waals surface area (Å²) in [5.41, 5.74) is 7.95. The first kappa shape index (κ1) is 14.3. The van der Waals surface area contributed by atoms with Crippen LogP contribution in [0.25, 0.3) is 0 Å². The summed E-state index contributed by atoms with van der Waals surface area (Å²) in [7, 11) is 3.07. The molecular weight excluding hydrogens is 257 g/mol. The Labute approximate surface area is 118 Å². The Kier molecular flexibility index (Phi) is 4.58. The average Bonchev–Trinajstić information content (AvgIpc) is 2.48. The predicted molar refractivity (Wildman–Crippen MR) is 76.6 cm³/mol. The normalized spacial score (nSPS) is 12.0. The lowest BCUT2D eigenvalue weighted by molar-refractivity contribution is 0.386. The summed E-state index contributed by atoms with van der Waals surface area (Å²) in [4.78, 5) is 0. The highest BCUT2D eigenvalue weighted by Gasteiger charge is 2.11. The second-order valence-electron chi connectivity index (χ2n) is 4.55. The lowest BCUT2D eigenvalue weighted by atomic mass is 9.99. The van der Waals surface area contributed by atoms with E-state index in [4.69, 9.17) is 15.2 Å². The van der Waals surface area contributed by atoms with E-state index >= 15 is 0 Å². The molecule has 0 aliphatic rings. The van der Waals surface area contributed by atoms with Gasteiger partial charge in [-0.15, -0.1) is 0 Å². The molecule has 0 radical (unpaired) electrons. The molecule has 0 spiro atoms. The highest BCUT2D eigenvalue weighted by Crippen LogP contribution is 2.23. The summed E-state index contributed by atoms with van der Waals surface area (Å²) < 4.78 is 23.7. The van der Waals surface area contributed by atoms with Crippen LogP contribution in [0, 0.1) is 5.82 Å². The van der Waals surface area contributed by atoms with Crippen LogP contribution in [0.4, 0.5) is 4.39 Å². The van der Waals surface area contributed by atoms with Crippen molar-refractivity contribution in [2.24, 2.45) is 5.73 Å². The van der Waals surface area contributed by atoms with Gasteiger partial charge in [-0.1, -0.05) is 18.2 Å². The van der Waals surface area contributed by atoms with Crippen molar-refractivity contribution in [2.75, 3.05) is 14.2 Å². The van der Waals surface area contributed by atoms with Gasteiger partial charge in [-0.3, -0.25) is 0 Å². The lowest BCUT2D eigenvalue weighted by Gasteiger charge is -2.13. The second kappa shape index (κ2) is 6.39. The zero-order chi connectivity index (χ0) is 14.5. The third-order valence-corrected chi connectivity index (χ3v) is 3.22. The first-order valence-electron chi connectivity index (χ1n) is 6.36. The van der Waals surface area contributed by atoms with E-state index in [2.05, 4.69) is 0 Å². The minimum Gasteiger partial charge on any atom is -0.497 e. The van der Waals surface area contributed by atoms with Gasteiger partial charge in [-0.05, 0) is 41.8 Å². The van der Waals surface area contributed by atoms with E-state index in [0.717, 1.165) is 16.9 Å². The third-order valence-electron chi connectivity index (χ3n) is 3.22. The summed E-state index contributed by atoms with van der Waals surface area (Å²) in [6.07, 6.45) is 0.635. The van der Waals surface area contributed by atoms with Gasteiger partial charge in [0.15, 0.2) is 11.6 Å². The number of hydrogen-bond acceptors (Lipinski definition) is 3. The molecule has 0 heterocycles. The van der Waals surface area contributed by atoms with Gasteiger partial charge < -0.3 is 15.2 Å². The van der Waals surface area contributed by atoms with E-state index in [1.807, 2.05) is 24.3 Å². The molecule has 0 aliphatic heterocycles. The van der Waals surface area contributed by atoms with Crippen LogP contribution in [-0.4, -0.2) is 14.2 Å². The largest absolute Gasteiger partial charge is 0.497 e. The first-order valence-corrected chi connectivity index (χ1v) is 6.36. The van der Waals surface area contributed by atoms with Crippen LogP contribution in [0.3, 0.4) is 0 Å². The van der Waals surface area contributed by atoms with Gasteiger partial charge in [0.1, 0.15) is 5.75 Å². The zero-order valence-corrected chi connectivity index (χ0v) is 11.6. The molecule has 20 heavy (non-hydrogen) atoms. The Hall–Kier alpha value is -2.07. The van der Waals surface area contributed by atoms with Crippen molar-refractivity contribution in [3.05, 3.63) is 59.4 Å². The fourth-order valence-corrected chi connectivity index (χ4v) is 2.05. The summed E-state index contributed by atoms with van der Waals surface area (Å²) in [6.45, 7) is 0. The van der Waals surface area contributed by atoms with Crippen molar-refractivity contribution < 1.29 is 13.9 Å². The number of hydrogen-bond donors (Lipinski definition) is 1. The van der Waals surface area contributed by atoms with E-state index in [-0.39, 0.29) is 11.8 Å². The van der Waals surface area contributed by atoms with Crippen molar-refractivity contribution in [3.63, 3.8) is 0 Å². The summed E-state index contributed by atoms with van der Waals surface area (Å²) >= 11 is 0. The van der Waals surface area contributed by atoms with Gasteiger partial charge in [0.05, 0.1) is 14.2 Å². The molecule has 0 amide bonds. The molecule has 0 saturated carbocycles. The average molecular weight is 275 g/mol. The molecule has 2 aromatic rings. The Balaban J connectivity index is 2.10. The molecule has 3 nitrogen and oxygen atoms in total. The molecule has 1 atom stereocenters. The molecule has 2 rings (SSSR count). The first-order chi connectivity index (χ1) is 9.63. The number of benzene rings is 2. The van der Waals surface area contributed by atoms with E-state index in [9.17, 15) is 4.39 Å². The standard InChI is InChI=1S/C16H18FNO2/c1-19-13-6-3-11(4-7-13)9-15(18)12-5-8-16(20-2)14(17)10-12/h3-8,10,15H,9,18H2,1-2H3. The van der Waals surface area contributed by atoms with Gasteiger partial charge >= 0.3 is 0 Å². The van der Waals surface area contributed by atoms with Crippen LogP contribution >= 0.6 is 0 Å². The maximum atomic E-state index is 13.7. The van der Waals surface area contributed by atoms with E-state index in [1.165, 1.54) is 13.2 Å². The van der Waals surface area contributed by atoms with Crippen molar-refractivity contribution in [1.82, 2.24) is 0 Å². The molecule has 0 aromatic heterocycles. The SMILES string of the molecule is COc1ccc(CC(N)c2ccc(OC)c(F)c2)cc1. The smallest absolute Gasteiger partial charge is 0.165 e. The molecule has 4 heteroatoms. The summed E-state index contributed by atoms with van der Waals surface area (Å²) in [6, 6.07) is 12.2. The molecule has 2 N–H and O–H groups in total. The van der Waals surface area contributed by atoms with Crippen LogP contribution < -0.4 is 15.2 Å². The van der Waals surface area contributed by atoms with Crippen molar-refractivity contribution in [3.8, 4) is 11.5 Å². The van der Waals surface area contributed by atoms with Crippen molar-refractivity contribution >= 4 is 0 Å². The fraction of sp³-hybridized carbons (Fsp3) is 0.250. The second-order valence-corrected chi connectivity index (χ2v) is 4.55. The van der Waals surface area contributed by atoms with E-state index in [1.54, 1.807) is 19.2 Å². The topological polar surface area (TPSA) is 44.5 Å².